The first kappa shape index (κ1) is 18.8. The van der Waals surface area contributed by atoms with Crippen molar-refractivity contribution in [3.8, 4) is 5.75 Å². The van der Waals surface area contributed by atoms with Gasteiger partial charge in [0.05, 0.1) is 7.11 Å². The van der Waals surface area contributed by atoms with E-state index in [1.807, 2.05) is 25.1 Å². The molecule has 128 valence electrons. The third-order valence-electron chi connectivity index (χ3n) is 3.09. The summed E-state index contributed by atoms with van der Waals surface area (Å²) in [6, 6.07) is 5.56. The lowest BCUT2D eigenvalue weighted by atomic mass is 10.2. The van der Waals surface area contributed by atoms with Gasteiger partial charge in [-0.2, -0.15) is 0 Å². The zero-order chi connectivity index (χ0) is 17.6. The second-order valence-corrected chi connectivity index (χ2v) is 6.25. The molecule has 0 saturated carbocycles. The number of methoxy groups -OCH3 is 1. The summed E-state index contributed by atoms with van der Waals surface area (Å²) < 4.78 is 10.4. The van der Waals surface area contributed by atoms with Crippen LogP contribution in [-0.4, -0.2) is 37.8 Å². The number of anilines is 1. The molecule has 0 aliphatic rings. The van der Waals surface area contributed by atoms with Crippen molar-refractivity contribution in [2.75, 3.05) is 25.1 Å². The third kappa shape index (κ3) is 6.18. The molecule has 0 aliphatic heterocycles. The standard InChI is InChI=1S/C17H26N2O4/c1-12-7-8-14(11-15(12)22-6)19(13(2)20)10-9-18-16(21)23-17(3,4)5/h7-8,11H,9-10H2,1-6H3,(H,18,21). The van der Waals surface area contributed by atoms with Gasteiger partial charge in [-0.25, -0.2) is 4.79 Å². The highest BCUT2D eigenvalue weighted by Gasteiger charge is 2.17. The van der Waals surface area contributed by atoms with E-state index in [0.29, 0.717) is 18.8 Å². The first-order valence-corrected chi connectivity index (χ1v) is 7.53. The lowest BCUT2D eigenvalue weighted by molar-refractivity contribution is -0.116. The first-order valence-electron chi connectivity index (χ1n) is 7.53. The quantitative estimate of drug-likeness (QED) is 0.905. The number of carbonyl (C=O) groups excluding carboxylic acids is 2. The summed E-state index contributed by atoms with van der Waals surface area (Å²) in [4.78, 5) is 25.1. The van der Waals surface area contributed by atoms with Gasteiger partial charge in [0, 0.05) is 31.8 Å². The average molecular weight is 322 g/mol. The predicted molar refractivity (Wildman–Crippen MR) is 90.0 cm³/mol. The zero-order valence-corrected chi connectivity index (χ0v) is 14.7. The van der Waals surface area contributed by atoms with Crippen LogP contribution in [0.15, 0.2) is 18.2 Å². The van der Waals surface area contributed by atoms with Crippen molar-refractivity contribution in [1.29, 1.82) is 0 Å². The average Bonchev–Trinajstić information content (AvgIpc) is 2.42. The SMILES string of the molecule is COc1cc(N(CCNC(=O)OC(C)(C)C)C(C)=O)ccc1C. The summed E-state index contributed by atoms with van der Waals surface area (Å²) >= 11 is 0. The van der Waals surface area contributed by atoms with Crippen LogP contribution in [0.4, 0.5) is 10.5 Å². The molecule has 0 unspecified atom stereocenters. The van der Waals surface area contributed by atoms with E-state index in [0.717, 1.165) is 11.3 Å². The first-order chi connectivity index (χ1) is 10.6. The van der Waals surface area contributed by atoms with Crippen LogP contribution < -0.4 is 15.0 Å². The Balaban J connectivity index is 2.70. The van der Waals surface area contributed by atoms with Crippen LogP contribution in [0, 0.1) is 6.92 Å². The van der Waals surface area contributed by atoms with Gasteiger partial charge in [-0.1, -0.05) is 6.07 Å². The number of amides is 2. The molecule has 0 spiro atoms. The van der Waals surface area contributed by atoms with Gasteiger partial charge in [0.1, 0.15) is 11.4 Å². The Labute approximate surface area is 137 Å². The van der Waals surface area contributed by atoms with Crippen molar-refractivity contribution in [2.24, 2.45) is 0 Å². The van der Waals surface area contributed by atoms with Gasteiger partial charge < -0.3 is 19.7 Å². The van der Waals surface area contributed by atoms with Crippen LogP contribution >= 0.6 is 0 Å². The van der Waals surface area contributed by atoms with Crippen LogP contribution in [0.1, 0.15) is 33.3 Å². The van der Waals surface area contributed by atoms with Gasteiger partial charge in [0.2, 0.25) is 5.91 Å². The van der Waals surface area contributed by atoms with E-state index in [2.05, 4.69) is 5.32 Å². The molecule has 1 aromatic carbocycles. The molecule has 0 fully saturated rings. The third-order valence-corrected chi connectivity index (χ3v) is 3.09. The molecule has 2 amide bonds. The van der Waals surface area contributed by atoms with Gasteiger partial charge in [-0.15, -0.1) is 0 Å². The van der Waals surface area contributed by atoms with Crippen LogP contribution in [-0.2, 0) is 9.53 Å². The number of alkyl carbamates (subject to hydrolysis) is 1. The molecule has 0 saturated heterocycles. The van der Waals surface area contributed by atoms with E-state index >= 15 is 0 Å². The number of hydrogen-bond acceptors (Lipinski definition) is 4. The lowest BCUT2D eigenvalue weighted by Gasteiger charge is -2.23. The lowest BCUT2D eigenvalue weighted by Crippen LogP contribution is -2.39. The van der Waals surface area contributed by atoms with E-state index in [-0.39, 0.29) is 5.91 Å². The minimum atomic E-state index is -0.547. The largest absolute Gasteiger partial charge is 0.496 e. The van der Waals surface area contributed by atoms with E-state index in [1.54, 1.807) is 32.8 Å². The fourth-order valence-electron chi connectivity index (χ4n) is 2.03. The molecule has 1 N–H and O–H groups in total. The molecule has 0 aliphatic carbocycles. The van der Waals surface area contributed by atoms with Crippen molar-refractivity contribution in [3.05, 3.63) is 23.8 Å². The Kier molecular flexibility index (Phi) is 6.42. The summed E-state index contributed by atoms with van der Waals surface area (Å²) in [7, 11) is 1.59. The number of nitrogens with one attached hydrogen (secondary N) is 1. The fraction of sp³-hybridized carbons (Fsp3) is 0.529. The van der Waals surface area contributed by atoms with Gasteiger partial charge in [-0.3, -0.25) is 4.79 Å². The second-order valence-electron chi connectivity index (χ2n) is 6.25. The van der Waals surface area contributed by atoms with Gasteiger partial charge >= 0.3 is 6.09 Å². The number of nitrogens with zero attached hydrogens (tertiary/aromatic N) is 1. The van der Waals surface area contributed by atoms with Crippen molar-refractivity contribution < 1.29 is 19.1 Å². The van der Waals surface area contributed by atoms with Gasteiger partial charge in [-0.05, 0) is 39.3 Å². The summed E-state index contributed by atoms with van der Waals surface area (Å²) in [5.74, 6) is 0.607. The fourth-order valence-corrected chi connectivity index (χ4v) is 2.03. The molecule has 6 nitrogen and oxygen atoms in total. The van der Waals surface area contributed by atoms with Gasteiger partial charge in [0.15, 0.2) is 0 Å². The van der Waals surface area contributed by atoms with Crippen molar-refractivity contribution in [1.82, 2.24) is 5.32 Å². The van der Waals surface area contributed by atoms with Crippen LogP contribution in [0.3, 0.4) is 0 Å². The maximum Gasteiger partial charge on any atom is 0.407 e. The number of benzene rings is 1. The minimum Gasteiger partial charge on any atom is -0.496 e. The summed E-state index contributed by atoms with van der Waals surface area (Å²) in [6.45, 7) is 9.46. The second kappa shape index (κ2) is 7.85. The van der Waals surface area contributed by atoms with Crippen LogP contribution in [0.5, 0.6) is 5.75 Å². The zero-order valence-electron chi connectivity index (χ0n) is 14.7. The Morgan fingerprint density at radius 2 is 1.91 bits per heavy atom. The van der Waals surface area contributed by atoms with E-state index < -0.39 is 11.7 Å². The molecule has 23 heavy (non-hydrogen) atoms. The summed E-state index contributed by atoms with van der Waals surface area (Å²) in [5.41, 5.74) is 1.17. The molecule has 0 atom stereocenters. The predicted octanol–water partition coefficient (Wildman–Crippen LogP) is 2.88. The Hall–Kier alpha value is -2.24. The smallest absolute Gasteiger partial charge is 0.407 e. The maximum absolute atomic E-state index is 11.9. The number of ether oxygens (including phenoxy) is 2. The molecule has 6 heteroatoms. The number of carbonyl (C=O) groups is 2. The molecule has 1 rings (SSSR count). The highest BCUT2D eigenvalue weighted by molar-refractivity contribution is 5.91. The molecule has 0 aromatic heterocycles. The molecular weight excluding hydrogens is 296 g/mol. The molecular formula is C17H26N2O4. The topological polar surface area (TPSA) is 67.9 Å². The highest BCUT2D eigenvalue weighted by atomic mass is 16.6. The Morgan fingerprint density at radius 1 is 1.26 bits per heavy atom. The summed E-state index contributed by atoms with van der Waals surface area (Å²) in [6.07, 6.45) is -0.498. The number of aryl methyl sites for hydroxylation is 1. The van der Waals surface area contributed by atoms with Crippen molar-refractivity contribution in [2.45, 2.75) is 40.2 Å². The van der Waals surface area contributed by atoms with Crippen LogP contribution in [0.2, 0.25) is 0 Å². The minimum absolute atomic E-state index is 0.109. The number of rotatable bonds is 5. The highest BCUT2D eigenvalue weighted by Crippen LogP contribution is 2.25. The molecule has 0 radical (unpaired) electrons. The van der Waals surface area contributed by atoms with Gasteiger partial charge in [0.25, 0.3) is 0 Å². The van der Waals surface area contributed by atoms with Crippen LogP contribution in [0.25, 0.3) is 0 Å². The summed E-state index contributed by atoms with van der Waals surface area (Å²) in [5, 5.41) is 2.65. The van der Waals surface area contributed by atoms with Crippen molar-refractivity contribution >= 4 is 17.7 Å². The molecule has 1 aromatic rings. The number of hydrogen-bond donors (Lipinski definition) is 1. The normalized spacial score (nSPS) is 10.9. The Bertz CT molecular complexity index is 564. The monoisotopic (exact) mass is 322 g/mol. The van der Waals surface area contributed by atoms with E-state index in [1.165, 1.54) is 6.92 Å². The molecule has 0 bridgehead atoms. The maximum atomic E-state index is 11.9. The van der Waals surface area contributed by atoms with Crippen molar-refractivity contribution in [3.63, 3.8) is 0 Å². The Morgan fingerprint density at radius 3 is 2.43 bits per heavy atom. The van der Waals surface area contributed by atoms with E-state index in [9.17, 15) is 9.59 Å². The van der Waals surface area contributed by atoms with E-state index in [4.69, 9.17) is 9.47 Å². The molecule has 0 heterocycles.